The summed E-state index contributed by atoms with van der Waals surface area (Å²) in [6.07, 6.45) is 3.93. The fourth-order valence-corrected chi connectivity index (χ4v) is 3.56. The first-order chi connectivity index (χ1) is 14.7. The largest absolute Gasteiger partial charge is 0.489 e. The summed E-state index contributed by atoms with van der Waals surface area (Å²) in [7, 11) is 0. The number of carbonyl (C=O) groups is 1. The first kappa shape index (κ1) is 19.9. The van der Waals surface area contributed by atoms with Gasteiger partial charge >= 0.3 is 5.69 Å². The maximum absolute atomic E-state index is 12.4. The zero-order valence-corrected chi connectivity index (χ0v) is 16.9. The summed E-state index contributed by atoms with van der Waals surface area (Å²) in [5, 5.41) is 7.22. The minimum Gasteiger partial charge on any atom is -0.489 e. The Morgan fingerprint density at radius 3 is 2.57 bits per heavy atom. The fraction of sp³-hybridized carbons (Fsp3) is 0.348. The van der Waals surface area contributed by atoms with Crippen molar-refractivity contribution >= 4 is 5.91 Å². The zero-order chi connectivity index (χ0) is 20.8. The number of nitrogens with zero attached hydrogens (tertiary/aromatic N) is 3. The molecular weight excluding hydrogens is 380 g/mol. The van der Waals surface area contributed by atoms with Crippen LogP contribution in [0.2, 0.25) is 0 Å². The topological polar surface area (TPSA) is 78.2 Å². The number of aryl methyl sites for hydroxylation is 1. The third kappa shape index (κ3) is 4.97. The van der Waals surface area contributed by atoms with Crippen LogP contribution in [0, 0.1) is 0 Å². The fourth-order valence-electron chi connectivity index (χ4n) is 3.56. The van der Waals surface area contributed by atoms with E-state index in [1.807, 2.05) is 54.6 Å². The number of carbonyl (C=O) groups excluding carboxylic acids is 1. The van der Waals surface area contributed by atoms with Crippen LogP contribution in [0.25, 0.3) is 0 Å². The second-order valence-corrected chi connectivity index (χ2v) is 7.51. The highest BCUT2D eigenvalue weighted by molar-refractivity contribution is 5.75. The van der Waals surface area contributed by atoms with E-state index in [4.69, 9.17) is 4.74 Å². The summed E-state index contributed by atoms with van der Waals surface area (Å²) in [5.41, 5.74) is 1.85. The second-order valence-electron chi connectivity index (χ2n) is 7.51. The molecule has 0 unspecified atom stereocenters. The van der Waals surface area contributed by atoms with Gasteiger partial charge in [-0.3, -0.25) is 9.36 Å². The molecule has 4 rings (SSSR count). The van der Waals surface area contributed by atoms with Crippen LogP contribution in [0.5, 0.6) is 5.75 Å². The van der Waals surface area contributed by atoms with Crippen LogP contribution >= 0.6 is 0 Å². The standard InChI is InChI=1S/C23H26N4O3/c28-22(16-27-23(29)26-14-6-2-5-9-21(26)25-27)24-15-18-10-12-19(13-11-18)17-30-20-7-3-1-4-8-20/h1,3-4,7-8,10-13H,2,5-6,9,14-17H2,(H,24,28). The minimum atomic E-state index is -0.221. The predicted octanol–water partition coefficient (Wildman–Crippen LogP) is 2.67. The number of para-hydroxylation sites is 1. The number of nitrogens with one attached hydrogen (secondary N) is 1. The van der Waals surface area contributed by atoms with Crippen LogP contribution in [0.3, 0.4) is 0 Å². The van der Waals surface area contributed by atoms with Crippen molar-refractivity contribution < 1.29 is 9.53 Å². The maximum Gasteiger partial charge on any atom is 0.346 e. The lowest BCUT2D eigenvalue weighted by Gasteiger charge is -2.08. The van der Waals surface area contributed by atoms with E-state index in [1.54, 1.807) is 4.57 Å². The second kappa shape index (κ2) is 9.43. The van der Waals surface area contributed by atoms with Gasteiger partial charge in [-0.25, -0.2) is 9.48 Å². The average molecular weight is 406 g/mol. The lowest BCUT2D eigenvalue weighted by molar-refractivity contribution is -0.122. The number of hydrogen-bond donors (Lipinski definition) is 1. The Labute approximate surface area is 175 Å². The zero-order valence-electron chi connectivity index (χ0n) is 16.9. The van der Waals surface area contributed by atoms with Gasteiger partial charge in [0.05, 0.1) is 0 Å². The number of fused-ring (bicyclic) bond motifs is 1. The van der Waals surface area contributed by atoms with Crippen LogP contribution in [0.15, 0.2) is 59.4 Å². The molecule has 2 heterocycles. The van der Waals surface area contributed by atoms with Crippen LogP contribution in [0.1, 0.15) is 36.2 Å². The quantitative estimate of drug-likeness (QED) is 0.654. The normalized spacial score (nSPS) is 13.3. The minimum absolute atomic E-state index is 0.0537. The Bertz CT molecular complexity index is 1040. The van der Waals surface area contributed by atoms with E-state index in [1.165, 1.54) is 4.68 Å². The highest BCUT2D eigenvalue weighted by Gasteiger charge is 2.17. The van der Waals surface area contributed by atoms with Crippen molar-refractivity contribution in [3.05, 3.63) is 82.0 Å². The molecule has 1 N–H and O–H groups in total. The number of ether oxygens (including phenoxy) is 1. The molecule has 30 heavy (non-hydrogen) atoms. The van der Waals surface area contributed by atoms with E-state index in [0.29, 0.717) is 19.7 Å². The van der Waals surface area contributed by atoms with Crippen LogP contribution < -0.4 is 15.7 Å². The number of aromatic nitrogens is 3. The monoisotopic (exact) mass is 406 g/mol. The molecule has 1 aliphatic rings. The van der Waals surface area contributed by atoms with E-state index >= 15 is 0 Å². The van der Waals surface area contributed by atoms with Gasteiger partial charge in [0.15, 0.2) is 0 Å². The van der Waals surface area contributed by atoms with E-state index in [-0.39, 0.29) is 18.1 Å². The van der Waals surface area contributed by atoms with Crippen molar-refractivity contribution in [2.24, 2.45) is 0 Å². The molecule has 0 atom stereocenters. The molecule has 0 aliphatic carbocycles. The summed E-state index contributed by atoms with van der Waals surface area (Å²) in [6.45, 7) is 1.53. The predicted molar refractivity (Wildman–Crippen MR) is 113 cm³/mol. The van der Waals surface area contributed by atoms with Gasteiger partial charge in [0.1, 0.15) is 24.7 Å². The Balaban J connectivity index is 1.27. The highest BCUT2D eigenvalue weighted by Crippen LogP contribution is 2.13. The molecule has 7 heteroatoms. The Hall–Kier alpha value is -3.35. The number of hydrogen-bond acceptors (Lipinski definition) is 4. The van der Waals surface area contributed by atoms with Gasteiger partial charge in [0.2, 0.25) is 5.91 Å². The molecule has 2 aromatic carbocycles. The molecular formula is C23H26N4O3. The van der Waals surface area contributed by atoms with Gasteiger partial charge < -0.3 is 10.1 Å². The number of rotatable bonds is 7. The third-order valence-corrected chi connectivity index (χ3v) is 5.24. The lowest BCUT2D eigenvalue weighted by Crippen LogP contribution is -2.33. The van der Waals surface area contributed by atoms with Crippen molar-refractivity contribution in [2.45, 2.75) is 51.9 Å². The lowest BCUT2D eigenvalue weighted by atomic mass is 10.1. The van der Waals surface area contributed by atoms with Crippen molar-refractivity contribution in [3.63, 3.8) is 0 Å². The number of benzene rings is 2. The van der Waals surface area contributed by atoms with Crippen LogP contribution in [0.4, 0.5) is 0 Å². The number of amides is 1. The summed E-state index contributed by atoms with van der Waals surface area (Å²) in [5.74, 6) is 1.40. The molecule has 7 nitrogen and oxygen atoms in total. The van der Waals surface area contributed by atoms with Gasteiger partial charge in [0.25, 0.3) is 0 Å². The van der Waals surface area contributed by atoms with Crippen molar-refractivity contribution in [1.29, 1.82) is 0 Å². The first-order valence-corrected chi connectivity index (χ1v) is 10.4. The van der Waals surface area contributed by atoms with Gasteiger partial charge in [0, 0.05) is 19.5 Å². The van der Waals surface area contributed by atoms with Crippen molar-refractivity contribution in [3.8, 4) is 5.75 Å². The van der Waals surface area contributed by atoms with Gasteiger partial charge in [-0.1, -0.05) is 48.9 Å². The molecule has 0 radical (unpaired) electrons. The molecule has 1 aliphatic heterocycles. The van der Waals surface area contributed by atoms with Crippen LogP contribution in [-0.2, 0) is 37.5 Å². The summed E-state index contributed by atoms with van der Waals surface area (Å²) in [6, 6.07) is 17.6. The van der Waals surface area contributed by atoms with Gasteiger partial charge in [-0.15, -0.1) is 0 Å². The van der Waals surface area contributed by atoms with Gasteiger partial charge in [-0.05, 0) is 36.1 Å². The van der Waals surface area contributed by atoms with E-state index in [9.17, 15) is 9.59 Å². The molecule has 0 fully saturated rings. The smallest absolute Gasteiger partial charge is 0.346 e. The van der Waals surface area contributed by atoms with E-state index in [2.05, 4.69) is 10.4 Å². The summed E-state index contributed by atoms with van der Waals surface area (Å²) >= 11 is 0. The summed E-state index contributed by atoms with van der Waals surface area (Å²) in [4.78, 5) is 24.8. The Kier molecular flexibility index (Phi) is 6.27. The highest BCUT2D eigenvalue weighted by atomic mass is 16.5. The molecule has 156 valence electrons. The Morgan fingerprint density at radius 1 is 1.00 bits per heavy atom. The van der Waals surface area contributed by atoms with E-state index < -0.39 is 0 Å². The summed E-state index contributed by atoms with van der Waals surface area (Å²) < 4.78 is 8.72. The van der Waals surface area contributed by atoms with Crippen molar-refractivity contribution in [1.82, 2.24) is 19.7 Å². The third-order valence-electron chi connectivity index (χ3n) is 5.24. The molecule has 0 bridgehead atoms. The van der Waals surface area contributed by atoms with Crippen molar-refractivity contribution in [2.75, 3.05) is 0 Å². The first-order valence-electron chi connectivity index (χ1n) is 10.4. The Morgan fingerprint density at radius 2 is 1.77 bits per heavy atom. The SMILES string of the molecule is O=C(Cn1nc2n(c1=O)CCCCC2)NCc1ccc(COc2ccccc2)cc1. The molecule has 1 aromatic heterocycles. The van der Waals surface area contributed by atoms with E-state index in [0.717, 1.165) is 48.4 Å². The molecule has 3 aromatic rings. The molecule has 0 saturated carbocycles. The molecule has 0 spiro atoms. The molecule has 1 amide bonds. The average Bonchev–Trinajstić information content (AvgIpc) is 2.93. The van der Waals surface area contributed by atoms with Gasteiger partial charge in [-0.2, -0.15) is 5.10 Å². The van der Waals surface area contributed by atoms with Crippen LogP contribution in [-0.4, -0.2) is 20.3 Å². The molecule has 0 saturated heterocycles. The maximum atomic E-state index is 12.4.